The van der Waals surface area contributed by atoms with E-state index >= 15 is 0 Å². The quantitative estimate of drug-likeness (QED) is 0.823. The van der Waals surface area contributed by atoms with Crippen LogP contribution in [0.5, 0.6) is 0 Å². The third-order valence-electron chi connectivity index (χ3n) is 3.48. The van der Waals surface area contributed by atoms with Gasteiger partial charge in [0.15, 0.2) is 6.61 Å². The fourth-order valence-corrected chi connectivity index (χ4v) is 2.20. The van der Waals surface area contributed by atoms with Gasteiger partial charge in [0.25, 0.3) is 5.91 Å². The van der Waals surface area contributed by atoms with Crippen molar-refractivity contribution in [2.24, 2.45) is 11.7 Å². The first-order valence-electron chi connectivity index (χ1n) is 6.54. The molecule has 1 aromatic carbocycles. The van der Waals surface area contributed by atoms with Gasteiger partial charge < -0.3 is 10.5 Å². The molecule has 2 rings (SSSR count). The number of esters is 1. The number of rotatable bonds is 5. The maximum atomic E-state index is 11.6. The minimum atomic E-state index is -0.619. The molecule has 0 aliphatic heterocycles. The number of carbonyl (C=O) groups excluding carboxylic acids is 2. The van der Waals surface area contributed by atoms with Gasteiger partial charge in [0.1, 0.15) is 0 Å². The van der Waals surface area contributed by atoms with Crippen LogP contribution in [0, 0.1) is 5.92 Å². The molecule has 2 N–H and O–H groups in total. The van der Waals surface area contributed by atoms with Crippen LogP contribution in [0.3, 0.4) is 0 Å². The molecular weight excluding hydrogens is 242 g/mol. The average molecular weight is 261 g/mol. The Balaban J connectivity index is 1.91. The molecule has 0 bridgehead atoms. The van der Waals surface area contributed by atoms with Crippen LogP contribution < -0.4 is 5.73 Å². The molecule has 2 atom stereocenters. The van der Waals surface area contributed by atoms with Crippen molar-refractivity contribution < 1.29 is 14.3 Å². The van der Waals surface area contributed by atoms with E-state index in [1.807, 2.05) is 0 Å². The van der Waals surface area contributed by atoms with Crippen molar-refractivity contribution in [1.29, 1.82) is 0 Å². The lowest BCUT2D eigenvalue weighted by molar-refractivity contribution is -0.149. The van der Waals surface area contributed by atoms with E-state index in [0.29, 0.717) is 5.92 Å². The highest BCUT2D eigenvalue weighted by atomic mass is 16.5. The van der Waals surface area contributed by atoms with Gasteiger partial charge in [0.2, 0.25) is 0 Å². The van der Waals surface area contributed by atoms with Gasteiger partial charge in [0.05, 0.1) is 5.92 Å². The second-order valence-corrected chi connectivity index (χ2v) is 5.34. The van der Waals surface area contributed by atoms with E-state index in [4.69, 9.17) is 10.5 Å². The van der Waals surface area contributed by atoms with Gasteiger partial charge in [-0.25, -0.2) is 0 Å². The van der Waals surface area contributed by atoms with Crippen LogP contribution >= 0.6 is 0 Å². The highest BCUT2D eigenvalue weighted by molar-refractivity contribution is 5.82. The van der Waals surface area contributed by atoms with Crippen molar-refractivity contribution in [1.82, 2.24) is 0 Å². The zero-order valence-electron chi connectivity index (χ0n) is 11.3. The van der Waals surface area contributed by atoms with Crippen molar-refractivity contribution >= 4 is 11.9 Å². The number of hydrogen-bond acceptors (Lipinski definition) is 3. The smallest absolute Gasteiger partial charge is 0.310 e. The first-order chi connectivity index (χ1) is 8.99. The van der Waals surface area contributed by atoms with Crippen LogP contribution in [-0.2, 0) is 14.3 Å². The van der Waals surface area contributed by atoms with Gasteiger partial charge >= 0.3 is 5.97 Å². The Bertz CT molecular complexity index is 479. The van der Waals surface area contributed by atoms with E-state index in [1.54, 1.807) is 0 Å². The van der Waals surface area contributed by atoms with Crippen LogP contribution in [0.15, 0.2) is 24.3 Å². The van der Waals surface area contributed by atoms with Crippen molar-refractivity contribution in [3.63, 3.8) is 0 Å². The molecule has 1 aromatic rings. The Morgan fingerprint density at radius 2 is 1.95 bits per heavy atom. The second-order valence-electron chi connectivity index (χ2n) is 5.34. The van der Waals surface area contributed by atoms with Crippen LogP contribution in [0.4, 0.5) is 0 Å². The highest BCUT2D eigenvalue weighted by Gasteiger charge is 2.45. The van der Waals surface area contributed by atoms with Crippen molar-refractivity contribution in [3.05, 3.63) is 35.4 Å². The van der Waals surface area contributed by atoms with E-state index in [9.17, 15) is 9.59 Å². The first kappa shape index (κ1) is 13.6. The topological polar surface area (TPSA) is 69.4 Å². The van der Waals surface area contributed by atoms with Crippen molar-refractivity contribution in [2.75, 3.05) is 6.61 Å². The maximum absolute atomic E-state index is 11.6. The largest absolute Gasteiger partial charge is 0.455 e. The molecule has 4 heteroatoms. The molecular formula is C15H19NO3. The lowest BCUT2D eigenvalue weighted by Gasteiger charge is -2.06. The predicted octanol–water partition coefficient (Wildman–Crippen LogP) is 1.94. The molecule has 1 amide bonds. The number of hydrogen-bond donors (Lipinski definition) is 1. The van der Waals surface area contributed by atoms with Gasteiger partial charge in [0, 0.05) is 0 Å². The van der Waals surface area contributed by atoms with Crippen LogP contribution in [0.2, 0.25) is 0 Å². The molecule has 0 spiro atoms. The Labute approximate surface area is 112 Å². The van der Waals surface area contributed by atoms with Crippen molar-refractivity contribution in [3.8, 4) is 0 Å². The lowest BCUT2D eigenvalue weighted by Crippen LogP contribution is -2.21. The zero-order chi connectivity index (χ0) is 14.0. The molecule has 102 valence electrons. The third-order valence-corrected chi connectivity index (χ3v) is 3.48. The molecule has 0 heterocycles. The monoisotopic (exact) mass is 261 g/mol. The fraction of sp³-hybridized carbons (Fsp3) is 0.467. The minimum absolute atomic E-state index is 0.121. The second kappa shape index (κ2) is 5.43. The normalized spacial score (nSPS) is 21.2. The zero-order valence-corrected chi connectivity index (χ0v) is 11.3. The summed E-state index contributed by atoms with van der Waals surface area (Å²) < 4.78 is 4.83. The molecule has 1 saturated carbocycles. The minimum Gasteiger partial charge on any atom is -0.455 e. The van der Waals surface area contributed by atoms with Gasteiger partial charge in [-0.15, -0.1) is 0 Å². The first-order valence-corrected chi connectivity index (χ1v) is 6.54. The Kier molecular flexibility index (Phi) is 3.88. The van der Waals surface area contributed by atoms with Gasteiger partial charge in [-0.05, 0) is 29.4 Å². The summed E-state index contributed by atoms with van der Waals surface area (Å²) >= 11 is 0. The van der Waals surface area contributed by atoms with Crippen LogP contribution in [-0.4, -0.2) is 18.5 Å². The summed E-state index contributed by atoms with van der Waals surface area (Å²) in [7, 11) is 0. The summed E-state index contributed by atoms with van der Waals surface area (Å²) in [6.45, 7) is 3.97. The number of benzene rings is 1. The molecule has 1 fully saturated rings. The van der Waals surface area contributed by atoms with E-state index in [0.717, 1.165) is 12.0 Å². The number of carbonyl (C=O) groups is 2. The summed E-state index contributed by atoms with van der Waals surface area (Å²) in [6.07, 6.45) is 0.790. The average Bonchev–Trinajstić information content (AvgIpc) is 3.16. The summed E-state index contributed by atoms with van der Waals surface area (Å²) in [4.78, 5) is 22.2. The van der Waals surface area contributed by atoms with Crippen LogP contribution in [0.1, 0.15) is 43.2 Å². The van der Waals surface area contributed by atoms with Crippen molar-refractivity contribution in [2.45, 2.75) is 32.1 Å². The molecule has 19 heavy (non-hydrogen) atoms. The summed E-state index contributed by atoms with van der Waals surface area (Å²) in [5.74, 6) is -0.334. The molecule has 1 aliphatic rings. The third kappa shape index (κ3) is 3.34. The SMILES string of the molecule is CC(C)c1ccc([C@@H]2C[C@@H]2C(=O)OCC(N)=O)cc1. The molecule has 1 aliphatic carbocycles. The van der Waals surface area contributed by atoms with Gasteiger partial charge in [-0.2, -0.15) is 0 Å². The number of nitrogens with two attached hydrogens (primary N) is 1. The number of ether oxygens (including phenoxy) is 1. The van der Waals surface area contributed by atoms with E-state index < -0.39 is 5.91 Å². The van der Waals surface area contributed by atoms with Gasteiger partial charge in [-0.3, -0.25) is 9.59 Å². The standard InChI is InChI=1S/C15H19NO3/c1-9(2)10-3-5-11(6-4-10)12-7-13(12)15(18)19-8-14(16)17/h3-6,9,12-13H,7-8H2,1-2H3,(H2,16,17)/t12-,13-/m0/s1. The lowest BCUT2D eigenvalue weighted by atomic mass is 10.00. The molecule has 0 aromatic heterocycles. The Morgan fingerprint density at radius 3 is 2.47 bits per heavy atom. The van der Waals surface area contributed by atoms with Gasteiger partial charge in [-0.1, -0.05) is 38.1 Å². The highest BCUT2D eigenvalue weighted by Crippen LogP contribution is 2.48. The molecule has 0 radical (unpaired) electrons. The molecule has 4 nitrogen and oxygen atoms in total. The summed E-state index contributed by atoms with van der Waals surface area (Å²) in [6, 6.07) is 8.34. The van der Waals surface area contributed by atoms with E-state index in [-0.39, 0.29) is 24.4 Å². The predicted molar refractivity (Wildman–Crippen MR) is 71.5 cm³/mol. The summed E-state index contributed by atoms with van der Waals surface area (Å²) in [5.41, 5.74) is 7.38. The number of amides is 1. The van der Waals surface area contributed by atoms with E-state index in [2.05, 4.69) is 38.1 Å². The van der Waals surface area contributed by atoms with Crippen LogP contribution in [0.25, 0.3) is 0 Å². The Morgan fingerprint density at radius 1 is 1.32 bits per heavy atom. The van der Waals surface area contributed by atoms with E-state index in [1.165, 1.54) is 5.56 Å². The summed E-state index contributed by atoms with van der Waals surface area (Å²) in [5, 5.41) is 0. The Hall–Kier alpha value is -1.84. The maximum Gasteiger partial charge on any atom is 0.310 e. The fourth-order valence-electron chi connectivity index (χ4n) is 2.20. The molecule has 0 unspecified atom stereocenters. The number of primary amides is 1. The molecule has 0 saturated heterocycles.